The number of nitriles is 1. The van der Waals surface area contributed by atoms with Gasteiger partial charge in [-0.15, -0.1) is 5.10 Å². The molecule has 3 heterocycles. The molecular weight excluding hydrogens is 418 g/mol. The highest BCUT2D eigenvalue weighted by molar-refractivity contribution is 5.89. The second-order valence-electron chi connectivity index (χ2n) is 10.9. The number of nitrogens with zero attached hydrogens (tertiary/aromatic N) is 7. The average molecular weight is 448 g/mol. The maximum atomic E-state index is 12.9. The van der Waals surface area contributed by atoms with E-state index in [1.165, 1.54) is 0 Å². The molecule has 1 aliphatic heterocycles. The van der Waals surface area contributed by atoms with Crippen molar-refractivity contribution in [2.24, 2.45) is 5.41 Å². The molecular formula is C24H29N7O2. The summed E-state index contributed by atoms with van der Waals surface area (Å²) >= 11 is 0. The van der Waals surface area contributed by atoms with Crippen molar-refractivity contribution in [2.45, 2.75) is 71.1 Å². The minimum atomic E-state index is -0.538. The molecule has 0 unspecified atom stereocenters. The number of carbonyl (C=O) groups is 1. The van der Waals surface area contributed by atoms with E-state index >= 15 is 0 Å². The lowest BCUT2D eigenvalue weighted by atomic mass is 9.68. The first-order valence-corrected chi connectivity index (χ1v) is 11.4. The number of aromatic nitrogens is 5. The van der Waals surface area contributed by atoms with Gasteiger partial charge in [0.05, 0.1) is 47.3 Å². The first-order chi connectivity index (χ1) is 15.6. The van der Waals surface area contributed by atoms with E-state index in [1.54, 1.807) is 15.6 Å². The predicted octanol–water partition coefficient (Wildman–Crippen LogP) is 4.23. The van der Waals surface area contributed by atoms with E-state index in [2.05, 4.69) is 32.9 Å². The Hall–Kier alpha value is -3.41. The Balaban J connectivity index is 1.38. The van der Waals surface area contributed by atoms with Crippen LogP contribution in [0.1, 0.15) is 58.9 Å². The lowest BCUT2D eigenvalue weighted by molar-refractivity contribution is -0.0264. The van der Waals surface area contributed by atoms with Crippen molar-refractivity contribution in [3.63, 3.8) is 0 Å². The van der Waals surface area contributed by atoms with Crippen molar-refractivity contribution in [1.82, 2.24) is 24.5 Å². The monoisotopic (exact) mass is 447 g/mol. The lowest BCUT2D eigenvalue weighted by Crippen LogP contribution is -2.45. The van der Waals surface area contributed by atoms with Crippen LogP contribution >= 0.6 is 0 Å². The minimum absolute atomic E-state index is 0.0756. The smallest absolute Gasteiger partial charge is 0.416 e. The van der Waals surface area contributed by atoms with E-state index < -0.39 is 5.60 Å². The van der Waals surface area contributed by atoms with Gasteiger partial charge in [0.1, 0.15) is 5.60 Å². The van der Waals surface area contributed by atoms with Gasteiger partial charge in [0.15, 0.2) is 5.82 Å². The van der Waals surface area contributed by atoms with Gasteiger partial charge in [-0.2, -0.15) is 5.26 Å². The van der Waals surface area contributed by atoms with Gasteiger partial charge in [-0.05, 0) is 70.1 Å². The zero-order valence-corrected chi connectivity index (χ0v) is 19.6. The second-order valence-corrected chi connectivity index (χ2v) is 10.9. The first-order valence-electron chi connectivity index (χ1n) is 11.4. The van der Waals surface area contributed by atoms with E-state index in [4.69, 9.17) is 4.74 Å². The molecule has 2 aliphatic rings. The molecule has 2 aromatic heterocycles. The minimum Gasteiger partial charge on any atom is -0.441 e. The molecule has 2 fully saturated rings. The summed E-state index contributed by atoms with van der Waals surface area (Å²) in [5.41, 5.74) is 1.63. The van der Waals surface area contributed by atoms with Gasteiger partial charge in [-0.1, -0.05) is 12.1 Å². The lowest BCUT2D eigenvalue weighted by Gasteiger charge is -2.43. The number of carbonyl (C=O) groups excluding carboxylic acids is 1. The van der Waals surface area contributed by atoms with Gasteiger partial charge in [0.2, 0.25) is 0 Å². The molecule has 0 N–H and O–H groups in total. The quantitative estimate of drug-likeness (QED) is 0.595. The highest BCUT2D eigenvalue weighted by atomic mass is 16.6. The zero-order valence-electron chi connectivity index (χ0n) is 19.6. The van der Waals surface area contributed by atoms with Crippen LogP contribution in [-0.4, -0.2) is 42.8 Å². The fourth-order valence-corrected chi connectivity index (χ4v) is 5.32. The summed E-state index contributed by atoms with van der Waals surface area (Å²) in [4.78, 5) is 19.0. The van der Waals surface area contributed by atoms with E-state index in [-0.39, 0.29) is 17.0 Å². The maximum Gasteiger partial charge on any atom is 0.416 e. The summed E-state index contributed by atoms with van der Waals surface area (Å²) in [6.07, 6.45) is 6.90. The highest BCUT2D eigenvalue weighted by Gasteiger charge is 2.52. The van der Waals surface area contributed by atoms with E-state index in [0.717, 1.165) is 43.3 Å². The van der Waals surface area contributed by atoms with E-state index in [1.807, 2.05) is 45.4 Å². The normalized spacial score (nSPS) is 25.5. The number of fused-ring (bicyclic) bond motifs is 1. The molecule has 1 saturated heterocycles. The fraction of sp³-hybridized carbons (Fsp3) is 0.542. The van der Waals surface area contributed by atoms with Crippen LogP contribution in [0, 0.1) is 16.7 Å². The van der Waals surface area contributed by atoms with Crippen LogP contribution in [0.5, 0.6) is 0 Å². The van der Waals surface area contributed by atoms with Crippen molar-refractivity contribution in [3.8, 4) is 6.07 Å². The summed E-state index contributed by atoms with van der Waals surface area (Å²) in [6.45, 7) is 9.61. The van der Waals surface area contributed by atoms with E-state index in [9.17, 15) is 10.1 Å². The van der Waals surface area contributed by atoms with Gasteiger partial charge >= 0.3 is 6.09 Å². The predicted molar refractivity (Wildman–Crippen MR) is 123 cm³/mol. The number of hydrogen-bond donors (Lipinski definition) is 0. The Morgan fingerprint density at radius 3 is 2.82 bits per heavy atom. The van der Waals surface area contributed by atoms with E-state index in [0.29, 0.717) is 17.9 Å². The standard InChI is InChI=1S/C24H29N7O2/c1-22(2,3)31-12-20(27-28-31)30-15-24(33-21(30)32)9-5-8-23(4,13-24)14-29-16-26-18-7-6-17(11-25)10-19(18)29/h6-7,10,12,16H,5,8-9,13-15H2,1-4H3/t23-,24-/m0/s1. The number of ether oxygens (including phenoxy) is 1. The van der Waals surface area contributed by atoms with Gasteiger partial charge in [-0.3, -0.25) is 4.90 Å². The zero-order chi connectivity index (χ0) is 23.4. The molecule has 1 aromatic carbocycles. The van der Waals surface area contributed by atoms with Gasteiger partial charge < -0.3 is 9.30 Å². The molecule has 1 aliphatic carbocycles. The maximum absolute atomic E-state index is 12.9. The molecule has 172 valence electrons. The molecule has 1 amide bonds. The SMILES string of the molecule is CC(C)(C)n1cc(N2C[C@@]3(CCC[C@](C)(Cn4cnc5ccc(C#N)cc54)C3)OC2=O)nn1. The summed E-state index contributed by atoms with van der Waals surface area (Å²) < 4.78 is 9.93. The number of benzene rings is 1. The molecule has 0 bridgehead atoms. The Kier molecular flexibility index (Phi) is 4.74. The molecule has 33 heavy (non-hydrogen) atoms. The number of anilines is 1. The topological polar surface area (TPSA) is 102 Å². The Morgan fingerprint density at radius 1 is 1.27 bits per heavy atom. The van der Waals surface area contributed by atoms with Gasteiger partial charge in [0.25, 0.3) is 0 Å². The van der Waals surface area contributed by atoms with Crippen LogP contribution in [0.2, 0.25) is 0 Å². The molecule has 9 heteroatoms. The molecule has 1 saturated carbocycles. The van der Waals surface area contributed by atoms with Crippen LogP contribution in [-0.2, 0) is 16.8 Å². The van der Waals surface area contributed by atoms with Gasteiger partial charge in [-0.25, -0.2) is 14.5 Å². The molecule has 1 spiro atoms. The average Bonchev–Trinajstić information content (AvgIpc) is 3.45. The van der Waals surface area contributed by atoms with Crippen LogP contribution in [0.4, 0.5) is 10.6 Å². The van der Waals surface area contributed by atoms with Crippen molar-refractivity contribution < 1.29 is 9.53 Å². The van der Waals surface area contributed by atoms with Crippen LogP contribution in [0.15, 0.2) is 30.7 Å². The molecule has 9 nitrogen and oxygen atoms in total. The van der Waals surface area contributed by atoms with Crippen molar-refractivity contribution in [2.75, 3.05) is 11.4 Å². The molecule has 0 radical (unpaired) electrons. The summed E-state index contributed by atoms with van der Waals surface area (Å²) in [5.74, 6) is 0.531. The number of rotatable bonds is 3. The molecule has 3 aromatic rings. The molecule has 2 atom stereocenters. The van der Waals surface area contributed by atoms with Crippen LogP contribution in [0.3, 0.4) is 0 Å². The third-order valence-corrected chi connectivity index (χ3v) is 6.88. The van der Waals surface area contributed by atoms with Crippen molar-refractivity contribution >= 4 is 22.9 Å². The van der Waals surface area contributed by atoms with Crippen LogP contribution < -0.4 is 4.90 Å². The van der Waals surface area contributed by atoms with Crippen molar-refractivity contribution in [1.29, 1.82) is 5.26 Å². The van der Waals surface area contributed by atoms with Crippen molar-refractivity contribution in [3.05, 3.63) is 36.3 Å². The number of hydrogen-bond acceptors (Lipinski definition) is 6. The molecule has 5 rings (SSSR count). The summed E-state index contributed by atoms with van der Waals surface area (Å²) in [5, 5.41) is 17.7. The van der Waals surface area contributed by atoms with Crippen LogP contribution in [0.25, 0.3) is 11.0 Å². The van der Waals surface area contributed by atoms with Gasteiger partial charge in [0, 0.05) is 6.54 Å². The Morgan fingerprint density at radius 2 is 2.09 bits per heavy atom. The third kappa shape index (κ3) is 3.84. The Labute approximate surface area is 192 Å². The highest BCUT2D eigenvalue weighted by Crippen LogP contribution is 2.47. The summed E-state index contributed by atoms with van der Waals surface area (Å²) in [6, 6.07) is 7.77. The number of amides is 1. The first kappa shape index (κ1) is 21.4. The number of imidazole rings is 1. The third-order valence-electron chi connectivity index (χ3n) is 6.88. The second kappa shape index (κ2) is 7.30. The largest absolute Gasteiger partial charge is 0.441 e. The fourth-order valence-electron chi connectivity index (χ4n) is 5.32. The Bertz CT molecular complexity index is 1260. The summed E-state index contributed by atoms with van der Waals surface area (Å²) in [7, 11) is 0.